The highest BCUT2D eigenvalue weighted by molar-refractivity contribution is 8.77. The van der Waals surface area contributed by atoms with Gasteiger partial charge in [0.05, 0.1) is 0 Å². The van der Waals surface area contributed by atoms with Gasteiger partial charge in [0.2, 0.25) is 7.37 Å². The van der Waals surface area contributed by atoms with Crippen molar-refractivity contribution in [3.8, 4) is 0 Å². The molecule has 20 heavy (non-hydrogen) atoms. The van der Waals surface area contributed by atoms with Crippen molar-refractivity contribution in [3.63, 3.8) is 0 Å². The van der Waals surface area contributed by atoms with E-state index in [1.807, 2.05) is 18.2 Å². The van der Waals surface area contributed by atoms with Crippen LogP contribution in [-0.2, 0) is 4.57 Å². The van der Waals surface area contributed by atoms with Crippen LogP contribution in [0.2, 0.25) is 0 Å². The molecule has 0 saturated carbocycles. The Labute approximate surface area is 128 Å². The van der Waals surface area contributed by atoms with Crippen molar-refractivity contribution in [1.82, 2.24) is 4.98 Å². The third-order valence-electron chi connectivity index (χ3n) is 2.72. The van der Waals surface area contributed by atoms with Gasteiger partial charge in [-0.25, -0.2) is 4.98 Å². The van der Waals surface area contributed by atoms with Gasteiger partial charge in [0, 0.05) is 29.9 Å². The van der Waals surface area contributed by atoms with Crippen LogP contribution in [0.25, 0.3) is 0 Å². The molecule has 0 radical (unpaired) electrons. The topological polar surface area (TPSA) is 70.4 Å². The molecule has 1 atom stereocenters. The fourth-order valence-electron chi connectivity index (χ4n) is 1.47. The fourth-order valence-corrected chi connectivity index (χ4v) is 5.60. The molecule has 4 nitrogen and oxygen atoms in total. The van der Waals surface area contributed by atoms with Gasteiger partial charge in [0.1, 0.15) is 5.03 Å². The summed E-state index contributed by atoms with van der Waals surface area (Å²) >= 11 is 0. The lowest BCUT2D eigenvalue weighted by Gasteiger charge is -2.24. The molecule has 0 bridgehead atoms. The molecular formula is C13H22NO3PS2. The predicted molar refractivity (Wildman–Crippen MR) is 87.6 cm³/mol. The highest BCUT2D eigenvalue weighted by Gasteiger charge is 2.25. The van der Waals surface area contributed by atoms with Gasteiger partial charge in [-0.1, -0.05) is 16.9 Å². The molecule has 1 aromatic heterocycles. The molecular weight excluding hydrogens is 313 g/mol. The average molecular weight is 335 g/mol. The van der Waals surface area contributed by atoms with Gasteiger partial charge in [-0.15, -0.1) is 0 Å². The lowest BCUT2D eigenvalue weighted by atomic mass is 10.1. The number of aliphatic hydroxyl groups is 1. The molecule has 0 spiro atoms. The first-order valence-corrected chi connectivity index (χ1v) is 10.7. The standard InChI is InChI=1S/C13H22NO3PS2/c1-13(2,7-11-18(16,17)10-5-9-15)20-19-12-6-3-4-8-14-12/h3-4,6,8,15H,5,7,9-11H2,1-2H3,(H,16,17). The van der Waals surface area contributed by atoms with Crippen molar-refractivity contribution in [2.24, 2.45) is 0 Å². The molecule has 1 aromatic rings. The van der Waals surface area contributed by atoms with E-state index in [-0.39, 0.29) is 17.5 Å². The second-order valence-corrected chi connectivity index (χ2v) is 10.7. The summed E-state index contributed by atoms with van der Waals surface area (Å²) in [7, 11) is 0.160. The van der Waals surface area contributed by atoms with Crippen molar-refractivity contribution in [1.29, 1.82) is 0 Å². The second kappa shape index (κ2) is 8.44. The van der Waals surface area contributed by atoms with Crippen molar-refractivity contribution < 1.29 is 14.6 Å². The number of aromatic nitrogens is 1. The Hall–Kier alpha value is -0.000000000000000167. The molecule has 0 fully saturated rings. The zero-order chi connectivity index (χ0) is 15.1. The Balaban J connectivity index is 2.39. The van der Waals surface area contributed by atoms with Gasteiger partial charge in [-0.3, -0.25) is 4.57 Å². The Bertz CT molecular complexity index is 443. The highest BCUT2D eigenvalue weighted by Crippen LogP contribution is 2.47. The SMILES string of the molecule is CC(C)(CCP(=O)(O)CCCO)SSc1ccccn1. The molecule has 1 rings (SSSR count). The zero-order valence-electron chi connectivity index (χ0n) is 11.9. The second-order valence-electron chi connectivity index (χ2n) is 5.22. The van der Waals surface area contributed by atoms with E-state index >= 15 is 0 Å². The number of aliphatic hydroxyl groups excluding tert-OH is 1. The number of rotatable bonds is 9. The normalized spacial score (nSPS) is 15.0. The molecule has 0 amide bonds. The van der Waals surface area contributed by atoms with E-state index in [9.17, 15) is 9.46 Å². The van der Waals surface area contributed by atoms with E-state index in [1.54, 1.807) is 27.8 Å². The lowest BCUT2D eigenvalue weighted by molar-refractivity contribution is 0.293. The minimum absolute atomic E-state index is 0.0295. The summed E-state index contributed by atoms with van der Waals surface area (Å²) < 4.78 is 11.8. The first kappa shape index (κ1) is 18.1. The Morgan fingerprint density at radius 1 is 1.35 bits per heavy atom. The molecule has 0 aromatic carbocycles. The van der Waals surface area contributed by atoms with E-state index < -0.39 is 7.37 Å². The van der Waals surface area contributed by atoms with Crippen LogP contribution < -0.4 is 0 Å². The van der Waals surface area contributed by atoms with E-state index in [4.69, 9.17) is 5.11 Å². The molecule has 2 N–H and O–H groups in total. The van der Waals surface area contributed by atoms with Gasteiger partial charge in [-0.2, -0.15) is 0 Å². The summed E-state index contributed by atoms with van der Waals surface area (Å²) in [5.74, 6) is 0. The molecule has 7 heteroatoms. The predicted octanol–water partition coefficient (Wildman–Crippen LogP) is 3.64. The number of nitrogens with zero attached hydrogens (tertiary/aromatic N) is 1. The first-order chi connectivity index (χ1) is 9.35. The van der Waals surface area contributed by atoms with E-state index in [1.165, 1.54) is 0 Å². The Morgan fingerprint density at radius 3 is 2.70 bits per heavy atom. The summed E-state index contributed by atoms with van der Waals surface area (Å²) in [5.41, 5.74) is 0. The number of pyridine rings is 1. The third-order valence-corrected chi connectivity index (χ3v) is 7.92. The molecule has 1 heterocycles. The quantitative estimate of drug-likeness (QED) is 0.530. The third kappa shape index (κ3) is 7.70. The summed E-state index contributed by atoms with van der Waals surface area (Å²) in [5, 5.41) is 9.66. The Kier molecular flexibility index (Phi) is 7.62. The lowest BCUT2D eigenvalue weighted by Crippen LogP contribution is -2.16. The van der Waals surface area contributed by atoms with E-state index in [2.05, 4.69) is 18.8 Å². The van der Waals surface area contributed by atoms with Crippen LogP contribution in [0.1, 0.15) is 26.7 Å². The van der Waals surface area contributed by atoms with Crippen LogP contribution >= 0.6 is 29.0 Å². The first-order valence-electron chi connectivity index (χ1n) is 6.53. The highest BCUT2D eigenvalue weighted by atomic mass is 33.1. The smallest absolute Gasteiger partial charge is 0.200 e. The summed E-state index contributed by atoms with van der Waals surface area (Å²) in [6, 6.07) is 5.77. The van der Waals surface area contributed by atoms with Gasteiger partial charge < -0.3 is 10.00 Å². The molecule has 0 aliphatic rings. The summed E-state index contributed by atoms with van der Waals surface area (Å²) in [6.45, 7) is 4.11. The van der Waals surface area contributed by atoms with Gasteiger partial charge in [0.25, 0.3) is 0 Å². The van der Waals surface area contributed by atoms with Crippen LogP contribution in [-0.4, -0.2) is 38.7 Å². The molecule has 1 unspecified atom stereocenters. The minimum atomic E-state index is -3.10. The number of hydrogen-bond donors (Lipinski definition) is 2. The molecule has 0 aliphatic carbocycles. The van der Waals surface area contributed by atoms with Crippen LogP contribution in [0, 0.1) is 0 Å². The number of hydrogen-bond acceptors (Lipinski definition) is 5. The maximum Gasteiger partial charge on any atom is 0.200 e. The maximum absolute atomic E-state index is 11.9. The largest absolute Gasteiger partial charge is 0.396 e. The van der Waals surface area contributed by atoms with E-state index in [0.29, 0.717) is 19.0 Å². The summed E-state index contributed by atoms with van der Waals surface area (Å²) in [4.78, 5) is 14.1. The fraction of sp³-hybridized carbons (Fsp3) is 0.615. The van der Waals surface area contributed by atoms with E-state index in [0.717, 1.165) is 5.03 Å². The van der Waals surface area contributed by atoms with Crippen molar-refractivity contribution in [2.75, 3.05) is 18.9 Å². The van der Waals surface area contributed by atoms with Crippen molar-refractivity contribution in [3.05, 3.63) is 24.4 Å². The zero-order valence-corrected chi connectivity index (χ0v) is 14.4. The molecule has 0 saturated heterocycles. The minimum Gasteiger partial charge on any atom is -0.396 e. The van der Waals surface area contributed by atoms with Crippen molar-refractivity contribution >= 4 is 29.0 Å². The molecule has 0 aliphatic heterocycles. The van der Waals surface area contributed by atoms with Crippen LogP contribution in [0.4, 0.5) is 0 Å². The van der Waals surface area contributed by atoms with Gasteiger partial charge in [0.15, 0.2) is 0 Å². The maximum atomic E-state index is 11.9. The van der Waals surface area contributed by atoms with Crippen LogP contribution in [0.15, 0.2) is 29.4 Å². The average Bonchev–Trinajstić information content (AvgIpc) is 2.43. The van der Waals surface area contributed by atoms with Gasteiger partial charge in [-0.05, 0) is 49.6 Å². The van der Waals surface area contributed by atoms with Crippen LogP contribution in [0.5, 0.6) is 0 Å². The Morgan fingerprint density at radius 2 is 2.10 bits per heavy atom. The molecule has 114 valence electrons. The van der Waals surface area contributed by atoms with Crippen LogP contribution in [0.3, 0.4) is 0 Å². The van der Waals surface area contributed by atoms with Gasteiger partial charge >= 0.3 is 0 Å². The van der Waals surface area contributed by atoms with Crippen molar-refractivity contribution in [2.45, 2.75) is 36.5 Å². The summed E-state index contributed by atoms with van der Waals surface area (Å²) in [6.07, 6.45) is 3.32. The monoisotopic (exact) mass is 335 g/mol.